The zero-order valence-corrected chi connectivity index (χ0v) is 19.7. The molecule has 3 rings (SSSR count). The summed E-state index contributed by atoms with van der Waals surface area (Å²) >= 11 is 4.34. The van der Waals surface area contributed by atoms with Crippen molar-refractivity contribution in [1.29, 1.82) is 0 Å². The number of benzene rings is 1. The number of halogens is 1. The molecule has 1 N–H and O–H groups in total. The molecule has 1 aromatic carbocycles. The van der Waals surface area contributed by atoms with E-state index < -0.39 is 16.0 Å². The molecule has 1 amide bonds. The Labute approximate surface area is 188 Å². The lowest BCUT2D eigenvalue weighted by Gasteiger charge is -2.35. The van der Waals surface area contributed by atoms with E-state index in [2.05, 4.69) is 27.6 Å². The quantitative estimate of drug-likeness (QED) is 0.557. The van der Waals surface area contributed by atoms with Crippen molar-refractivity contribution in [2.24, 2.45) is 0 Å². The number of amides is 1. The fourth-order valence-corrected chi connectivity index (χ4v) is 6.44. The van der Waals surface area contributed by atoms with Gasteiger partial charge < -0.3 is 9.64 Å². The fraction of sp³-hybridized carbons (Fsp3) is 0.400. The first kappa shape index (κ1) is 22.8. The molecule has 0 spiro atoms. The van der Waals surface area contributed by atoms with Gasteiger partial charge in [-0.3, -0.25) is 9.52 Å². The van der Waals surface area contributed by atoms with Gasteiger partial charge in [0.25, 0.3) is 15.9 Å². The molecule has 1 aromatic heterocycles. The van der Waals surface area contributed by atoms with Crippen LogP contribution in [0.5, 0.6) is 0 Å². The Kier molecular flexibility index (Phi) is 7.54. The Morgan fingerprint density at radius 3 is 2.57 bits per heavy atom. The van der Waals surface area contributed by atoms with Gasteiger partial charge in [0, 0.05) is 18.3 Å². The van der Waals surface area contributed by atoms with Gasteiger partial charge >= 0.3 is 5.97 Å². The highest BCUT2D eigenvalue weighted by Gasteiger charge is 2.26. The molecule has 162 valence electrons. The van der Waals surface area contributed by atoms with Crippen LogP contribution in [-0.4, -0.2) is 44.4 Å². The molecule has 0 radical (unpaired) electrons. The monoisotopic (exact) mass is 514 g/mol. The maximum Gasteiger partial charge on any atom is 0.338 e. The van der Waals surface area contributed by atoms with Crippen LogP contribution in [0.4, 0.5) is 5.69 Å². The number of thiophene rings is 1. The Balaban J connectivity index is 1.56. The van der Waals surface area contributed by atoms with Crippen LogP contribution < -0.4 is 4.72 Å². The predicted octanol–water partition coefficient (Wildman–Crippen LogP) is 4.26. The number of ether oxygens (including phenoxy) is 1. The standard InChI is InChI=1S/C20H23BrN2O5S2/c1-2-16-5-3-4-12-23(16)18(24)13-28-20(25)14-6-8-15(9-7-14)22-30(26,27)19-11-10-17(21)29-19/h6-11,16,22H,2-5,12-13H2,1H3. The van der Waals surface area contributed by atoms with Crippen LogP contribution in [0.3, 0.4) is 0 Å². The van der Waals surface area contributed by atoms with E-state index in [4.69, 9.17) is 4.74 Å². The number of esters is 1. The van der Waals surface area contributed by atoms with Crippen LogP contribution >= 0.6 is 27.3 Å². The lowest BCUT2D eigenvalue weighted by molar-refractivity contribution is -0.138. The third-order valence-electron chi connectivity index (χ3n) is 4.93. The lowest BCUT2D eigenvalue weighted by Crippen LogP contribution is -2.45. The van der Waals surface area contributed by atoms with Crippen molar-refractivity contribution in [2.75, 3.05) is 17.9 Å². The maximum absolute atomic E-state index is 12.4. The van der Waals surface area contributed by atoms with Crippen molar-refractivity contribution in [1.82, 2.24) is 4.90 Å². The second kappa shape index (κ2) is 9.93. The van der Waals surface area contributed by atoms with E-state index in [0.717, 1.165) is 37.0 Å². The minimum Gasteiger partial charge on any atom is -0.452 e. The number of carbonyl (C=O) groups excluding carboxylic acids is 2. The predicted molar refractivity (Wildman–Crippen MR) is 119 cm³/mol. The second-order valence-electron chi connectivity index (χ2n) is 6.96. The van der Waals surface area contributed by atoms with Crippen LogP contribution in [-0.2, 0) is 19.6 Å². The maximum atomic E-state index is 12.4. The Morgan fingerprint density at radius 1 is 1.20 bits per heavy atom. The third kappa shape index (κ3) is 5.61. The van der Waals surface area contributed by atoms with Gasteiger partial charge in [-0.15, -0.1) is 11.3 Å². The van der Waals surface area contributed by atoms with Crippen LogP contribution in [0.1, 0.15) is 43.0 Å². The number of hydrogen-bond donors (Lipinski definition) is 1. The number of sulfonamides is 1. The van der Waals surface area contributed by atoms with Crippen LogP contribution in [0, 0.1) is 0 Å². The van der Waals surface area contributed by atoms with Crippen LogP contribution in [0.15, 0.2) is 44.4 Å². The van der Waals surface area contributed by atoms with Crippen molar-refractivity contribution in [2.45, 2.75) is 42.9 Å². The molecule has 1 saturated heterocycles. The first-order chi connectivity index (χ1) is 14.3. The van der Waals surface area contributed by atoms with Crippen molar-refractivity contribution >= 4 is 54.9 Å². The molecule has 0 bridgehead atoms. The highest BCUT2D eigenvalue weighted by Crippen LogP contribution is 2.27. The Bertz CT molecular complexity index is 1000. The van der Waals surface area contributed by atoms with Gasteiger partial charge in [-0.05, 0) is 78.0 Å². The molecule has 1 aliphatic rings. The number of carbonyl (C=O) groups is 2. The molecule has 2 heterocycles. The molecule has 1 aliphatic heterocycles. The Morgan fingerprint density at radius 2 is 1.93 bits per heavy atom. The summed E-state index contributed by atoms with van der Waals surface area (Å²) in [4.78, 5) is 26.5. The Hall–Kier alpha value is -1.91. The second-order valence-corrected chi connectivity index (χ2v) is 11.3. The number of rotatable bonds is 7. The van der Waals surface area contributed by atoms with Crippen molar-refractivity contribution in [3.05, 3.63) is 45.7 Å². The molecule has 10 heteroatoms. The molecule has 2 aromatic rings. The van der Waals surface area contributed by atoms with Gasteiger partial charge in [0.05, 0.1) is 9.35 Å². The summed E-state index contributed by atoms with van der Waals surface area (Å²) in [7, 11) is -3.70. The first-order valence-corrected chi connectivity index (χ1v) is 12.7. The average Bonchev–Trinajstić information content (AvgIpc) is 3.19. The van der Waals surface area contributed by atoms with Gasteiger partial charge in [0.1, 0.15) is 4.21 Å². The first-order valence-electron chi connectivity index (χ1n) is 9.65. The summed E-state index contributed by atoms with van der Waals surface area (Å²) in [5.41, 5.74) is 0.571. The topological polar surface area (TPSA) is 92.8 Å². The average molecular weight is 515 g/mol. The summed E-state index contributed by atoms with van der Waals surface area (Å²) in [6, 6.07) is 9.26. The molecule has 0 aliphatic carbocycles. The highest BCUT2D eigenvalue weighted by molar-refractivity contribution is 9.11. The molecule has 0 saturated carbocycles. The molecular weight excluding hydrogens is 492 g/mol. The van der Waals surface area contributed by atoms with Crippen molar-refractivity contribution < 1.29 is 22.7 Å². The van der Waals surface area contributed by atoms with Crippen LogP contribution in [0.25, 0.3) is 0 Å². The zero-order chi connectivity index (χ0) is 21.7. The van der Waals surface area contributed by atoms with Gasteiger partial charge in [0.2, 0.25) is 0 Å². The van der Waals surface area contributed by atoms with Crippen molar-refractivity contribution in [3.63, 3.8) is 0 Å². The number of hydrogen-bond acceptors (Lipinski definition) is 6. The molecular formula is C20H23BrN2O5S2. The van der Waals surface area contributed by atoms with E-state index in [-0.39, 0.29) is 28.3 Å². The normalized spacial score (nSPS) is 16.9. The third-order valence-corrected chi connectivity index (χ3v) is 8.43. The summed E-state index contributed by atoms with van der Waals surface area (Å²) in [6.45, 7) is 2.46. The van der Waals surface area contributed by atoms with Crippen LogP contribution in [0.2, 0.25) is 0 Å². The van der Waals surface area contributed by atoms with Gasteiger partial charge in [-0.1, -0.05) is 6.92 Å². The number of nitrogens with one attached hydrogen (secondary N) is 1. The molecule has 1 fully saturated rings. The van der Waals surface area contributed by atoms with E-state index in [9.17, 15) is 18.0 Å². The minimum absolute atomic E-state index is 0.179. The van der Waals surface area contributed by atoms with E-state index in [1.807, 2.05) is 0 Å². The van der Waals surface area contributed by atoms with E-state index in [0.29, 0.717) is 16.0 Å². The summed E-state index contributed by atoms with van der Waals surface area (Å²) in [5.74, 6) is -0.800. The van der Waals surface area contributed by atoms with Gasteiger partial charge in [-0.2, -0.15) is 0 Å². The summed E-state index contributed by atoms with van der Waals surface area (Å²) < 4.78 is 33.3. The highest BCUT2D eigenvalue weighted by atomic mass is 79.9. The SMILES string of the molecule is CCC1CCCCN1C(=O)COC(=O)c1ccc(NS(=O)(=O)c2ccc(Br)s2)cc1. The zero-order valence-electron chi connectivity index (χ0n) is 16.5. The molecule has 1 atom stereocenters. The molecule has 1 unspecified atom stereocenters. The summed E-state index contributed by atoms with van der Waals surface area (Å²) in [5, 5.41) is 0. The van der Waals surface area contributed by atoms with E-state index >= 15 is 0 Å². The smallest absolute Gasteiger partial charge is 0.338 e. The number of likely N-dealkylation sites (tertiary alicyclic amines) is 1. The van der Waals surface area contributed by atoms with Gasteiger partial charge in [0.15, 0.2) is 6.61 Å². The largest absolute Gasteiger partial charge is 0.452 e. The van der Waals surface area contributed by atoms with E-state index in [1.165, 1.54) is 30.3 Å². The molecule has 7 nitrogen and oxygen atoms in total. The number of piperidine rings is 1. The number of nitrogens with zero attached hydrogens (tertiary/aromatic N) is 1. The minimum atomic E-state index is -3.70. The summed E-state index contributed by atoms with van der Waals surface area (Å²) in [6.07, 6.45) is 3.95. The number of anilines is 1. The van der Waals surface area contributed by atoms with Gasteiger partial charge in [-0.25, -0.2) is 13.2 Å². The fourth-order valence-electron chi connectivity index (χ4n) is 3.37. The van der Waals surface area contributed by atoms with E-state index in [1.54, 1.807) is 11.0 Å². The molecule has 30 heavy (non-hydrogen) atoms. The van der Waals surface area contributed by atoms with Crippen molar-refractivity contribution in [3.8, 4) is 0 Å². The lowest BCUT2D eigenvalue weighted by atomic mass is 10.00.